The minimum Gasteiger partial charge on any atom is -0.311 e. The average Bonchev–Trinajstić information content (AvgIpc) is 2.53. The van der Waals surface area contributed by atoms with Crippen LogP contribution < -0.4 is 5.32 Å². The summed E-state index contributed by atoms with van der Waals surface area (Å²) in [5, 5.41) is 3.40. The lowest BCUT2D eigenvalue weighted by Crippen LogP contribution is -2.58. The summed E-state index contributed by atoms with van der Waals surface area (Å²) in [6.45, 7) is 5.55. The zero-order chi connectivity index (χ0) is 19.1. The fraction of sp³-hybridized carbons (Fsp3) is 0.684. The van der Waals surface area contributed by atoms with Crippen LogP contribution in [0.3, 0.4) is 0 Å². The van der Waals surface area contributed by atoms with E-state index in [1.54, 1.807) is 0 Å². The van der Waals surface area contributed by atoms with Crippen molar-refractivity contribution in [2.24, 2.45) is 5.92 Å². The second kappa shape index (κ2) is 7.08. The Morgan fingerprint density at radius 1 is 1.19 bits per heavy atom. The SMILES string of the molecule is CC[C@@H]1CN[C@@H](C)CN1C(c1ccc(C(F)(F)F)cc1)C1CC(F)(F)C1. The van der Waals surface area contributed by atoms with E-state index in [0.717, 1.165) is 25.1 Å². The van der Waals surface area contributed by atoms with E-state index in [4.69, 9.17) is 0 Å². The van der Waals surface area contributed by atoms with Gasteiger partial charge in [0.2, 0.25) is 5.92 Å². The van der Waals surface area contributed by atoms with Crippen LogP contribution in [-0.4, -0.2) is 36.0 Å². The van der Waals surface area contributed by atoms with E-state index in [1.165, 1.54) is 12.1 Å². The van der Waals surface area contributed by atoms with Gasteiger partial charge in [-0.3, -0.25) is 4.90 Å². The number of halogens is 5. The molecule has 0 bridgehead atoms. The first-order valence-corrected chi connectivity index (χ1v) is 9.15. The van der Waals surface area contributed by atoms with Gasteiger partial charge in [-0.15, -0.1) is 0 Å². The lowest BCUT2D eigenvalue weighted by molar-refractivity contribution is -0.138. The molecule has 1 unspecified atom stereocenters. The number of nitrogens with zero attached hydrogens (tertiary/aromatic N) is 1. The zero-order valence-electron chi connectivity index (χ0n) is 15.0. The Hall–Kier alpha value is -1.21. The third-order valence-corrected chi connectivity index (χ3v) is 5.63. The van der Waals surface area contributed by atoms with Gasteiger partial charge < -0.3 is 5.32 Å². The molecule has 0 radical (unpaired) electrons. The van der Waals surface area contributed by atoms with Gasteiger partial charge in [0.05, 0.1) is 5.56 Å². The summed E-state index contributed by atoms with van der Waals surface area (Å²) in [6, 6.07) is 5.18. The summed E-state index contributed by atoms with van der Waals surface area (Å²) in [5.74, 6) is -2.89. The molecular weight excluding hydrogens is 351 g/mol. The largest absolute Gasteiger partial charge is 0.416 e. The minimum absolute atomic E-state index is 0.188. The van der Waals surface area contributed by atoms with Gasteiger partial charge >= 0.3 is 6.18 Å². The molecule has 1 aliphatic carbocycles. The van der Waals surface area contributed by atoms with Crippen molar-refractivity contribution >= 4 is 0 Å². The molecule has 2 aliphatic rings. The van der Waals surface area contributed by atoms with E-state index in [1.807, 2.05) is 6.92 Å². The zero-order valence-corrected chi connectivity index (χ0v) is 15.0. The first-order valence-electron chi connectivity index (χ1n) is 9.15. The highest BCUT2D eigenvalue weighted by Crippen LogP contribution is 2.51. The van der Waals surface area contributed by atoms with Gasteiger partial charge in [0.15, 0.2) is 0 Å². The Morgan fingerprint density at radius 3 is 2.31 bits per heavy atom. The van der Waals surface area contributed by atoms with Crippen molar-refractivity contribution in [3.05, 3.63) is 35.4 Å². The van der Waals surface area contributed by atoms with Crippen LogP contribution in [0.25, 0.3) is 0 Å². The molecule has 0 spiro atoms. The molecule has 1 N–H and O–H groups in total. The molecule has 1 aromatic carbocycles. The van der Waals surface area contributed by atoms with Crippen LogP contribution in [0.5, 0.6) is 0 Å². The lowest BCUT2D eigenvalue weighted by Gasteiger charge is -2.50. The second-order valence-electron chi connectivity index (χ2n) is 7.66. The molecule has 26 heavy (non-hydrogen) atoms. The van der Waals surface area contributed by atoms with Crippen molar-refractivity contribution in [3.8, 4) is 0 Å². The van der Waals surface area contributed by atoms with Crippen molar-refractivity contribution in [1.29, 1.82) is 0 Å². The normalized spacial score (nSPS) is 28.6. The molecule has 0 aromatic heterocycles. The van der Waals surface area contributed by atoms with Crippen LogP contribution in [-0.2, 0) is 6.18 Å². The standard InChI is InChI=1S/C19H25F5N2/c1-3-16-10-25-12(2)11-26(16)17(14-8-18(20,21)9-14)13-4-6-15(7-5-13)19(22,23)24/h4-7,12,14,16-17,25H,3,8-11H2,1-2H3/t12-,16+,17?/m0/s1. The summed E-state index contributed by atoms with van der Waals surface area (Å²) >= 11 is 0. The van der Waals surface area contributed by atoms with E-state index in [-0.39, 0.29) is 36.9 Å². The van der Waals surface area contributed by atoms with E-state index < -0.39 is 17.7 Å². The molecule has 1 saturated heterocycles. The maximum Gasteiger partial charge on any atom is 0.416 e. The smallest absolute Gasteiger partial charge is 0.311 e. The van der Waals surface area contributed by atoms with Gasteiger partial charge in [0.25, 0.3) is 0 Å². The molecule has 3 atom stereocenters. The molecule has 1 aliphatic heterocycles. The van der Waals surface area contributed by atoms with Crippen LogP contribution in [0.2, 0.25) is 0 Å². The summed E-state index contributed by atoms with van der Waals surface area (Å²) in [7, 11) is 0. The van der Waals surface area contributed by atoms with Gasteiger partial charge in [-0.05, 0) is 37.0 Å². The van der Waals surface area contributed by atoms with Gasteiger partial charge in [-0.1, -0.05) is 19.1 Å². The number of hydrogen-bond acceptors (Lipinski definition) is 2. The number of benzene rings is 1. The molecule has 2 nitrogen and oxygen atoms in total. The molecule has 2 fully saturated rings. The maximum absolute atomic E-state index is 13.5. The molecule has 0 amide bonds. The molecule has 7 heteroatoms. The molecule has 3 rings (SSSR count). The highest BCUT2D eigenvalue weighted by atomic mass is 19.4. The second-order valence-corrected chi connectivity index (χ2v) is 7.66. The fourth-order valence-electron chi connectivity index (χ4n) is 4.24. The first-order chi connectivity index (χ1) is 12.1. The monoisotopic (exact) mass is 376 g/mol. The third kappa shape index (κ3) is 4.03. The van der Waals surface area contributed by atoms with Gasteiger partial charge in [-0.2, -0.15) is 13.2 Å². The number of alkyl halides is 5. The van der Waals surface area contributed by atoms with E-state index in [2.05, 4.69) is 17.1 Å². The highest BCUT2D eigenvalue weighted by molar-refractivity contribution is 5.28. The van der Waals surface area contributed by atoms with Crippen molar-refractivity contribution in [2.75, 3.05) is 13.1 Å². The van der Waals surface area contributed by atoms with Gasteiger partial charge in [-0.25, -0.2) is 8.78 Å². The Bertz CT molecular complexity index is 605. The molecule has 1 saturated carbocycles. The molecule has 1 aromatic rings. The van der Waals surface area contributed by atoms with E-state index >= 15 is 0 Å². The highest BCUT2D eigenvalue weighted by Gasteiger charge is 2.51. The van der Waals surface area contributed by atoms with Crippen LogP contribution in [0.4, 0.5) is 22.0 Å². The van der Waals surface area contributed by atoms with Crippen molar-refractivity contribution in [2.45, 2.75) is 63.3 Å². The van der Waals surface area contributed by atoms with Crippen molar-refractivity contribution in [3.63, 3.8) is 0 Å². The topological polar surface area (TPSA) is 15.3 Å². The predicted octanol–water partition coefficient (Wildman–Crippen LogP) is 4.86. The van der Waals surface area contributed by atoms with Gasteiger partial charge in [0.1, 0.15) is 0 Å². The minimum atomic E-state index is -4.40. The number of rotatable bonds is 4. The maximum atomic E-state index is 13.5. The molecular formula is C19H25F5N2. The third-order valence-electron chi connectivity index (χ3n) is 5.63. The molecule has 146 valence electrons. The van der Waals surface area contributed by atoms with Crippen molar-refractivity contribution < 1.29 is 22.0 Å². The first kappa shape index (κ1) is 19.5. The van der Waals surface area contributed by atoms with Crippen LogP contribution >= 0.6 is 0 Å². The Morgan fingerprint density at radius 2 is 1.81 bits per heavy atom. The number of nitrogens with one attached hydrogen (secondary N) is 1. The van der Waals surface area contributed by atoms with Gasteiger partial charge in [0, 0.05) is 44.1 Å². The summed E-state index contributed by atoms with van der Waals surface area (Å²) in [5.41, 5.74) is -0.00860. The number of hydrogen-bond donors (Lipinski definition) is 1. The van der Waals surface area contributed by atoms with Crippen LogP contribution in [0, 0.1) is 5.92 Å². The van der Waals surface area contributed by atoms with E-state index in [9.17, 15) is 22.0 Å². The fourth-order valence-corrected chi connectivity index (χ4v) is 4.24. The Kier molecular flexibility index (Phi) is 5.32. The predicted molar refractivity (Wildman–Crippen MR) is 90.1 cm³/mol. The van der Waals surface area contributed by atoms with Crippen LogP contribution in [0.15, 0.2) is 24.3 Å². The average molecular weight is 376 g/mol. The van der Waals surface area contributed by atoms with Crippen LogP contribution in [0.1, 0.15) is 50.3 Å². The Labute approximate surface area is 150 Å². The lowest BCUT2D eigenvalue weighted by atomic mass is 9.73. The van der Waals surface area contributed by atoms with E-state index in [0.29, 0.717) is 12.1 Å². The van der Waals surface area contributed by atoms with Crippen molar-refractivity contribution in [1.82, 2.24) is 10.2 Å². The molecule has 1 heterocycles. The Balaban J connectivity index is 1.90. The summed E-state index contributed by atoms with van der Waals surface area (Å²) < 4.78 is 65.6. The quantitative estimate of drug-likeness (QED) is 0.755. The summed E-state index contributed by atoms with van der Waals surface area (Å²) in [4.78, 5) is 2.23. The summed E-state index contributed by atoms with van der Waals surface area (Å²) in [6.07, 6.45) is -3.94. The number of piperazine rings is 1.